The Morgan fingerprint density at radius 1 is 1.18 bits per heavy atom. The van der Waals surface area contributed by atoms with E-state index in [1.54, 1.807) is 30.3 Å². The Morgan fingerprint density at radius 3 is 2.59 bits per heavy atom. The number of rotatable bonds is 3. The molecule has 112 valence electrons. The zero-order valence-corrected chi connectivity index (χ0v) is 14.1. The highest BCUT2D eigenvalue weighted by molar-refractivity contribution is 14.1. The molecule has 2 rings (SSSR count). The van der Waals surface area contributed by atoms with Crippen molar-refractivity contribution < 1.29 is 9.72 Å². The zero-order valence-electron chi connectivity index (χ0n) is 11.1. The average molecular weight is 427 g/mol. The molecular weight excluding hydrogens is 417 g/mol. The minimum Gasteiger partial charge on any atom is -0.327 e. The molecule has 22 heavy (non-hydrogen) atoms. The standard InChI is InChI=1S/C14H10IN3O3S/c15-10-5-3-4-9(8-10)13(19)17-14(22)16-11-6-1-2-7-12(11)18(20)21/h1-8H,(H2,16,17,19,22). The molecule has 0 spiro atoms. The SMILES string of the molecule is O=C(NC(=S)Nc1ccccc1[N+](=O)[O-])c1cccc(I)c1. The summed E-state index contributed by atoms with van der Waals surface area (Å²) >= 11 is 7.12. The van der Waals surface area contributed by atoms with E-state index < -0.39 is 4.92 Å². The summed E-state index contributed by atoms with van der Waals surface area (Å²) in [6.45, 7) is 0. The van der Waals surface area contributed by atoms with Crippen LogP contribution < -0.4 is 10.6 Å². The highest BCUT2D eigenvalue weighted by Gasteiger charge is 2.14. The Kier molecular flexibility index (Phi) is 5.39. The fourth-order valence-corrected chi connectivity index (χ4v) is 2.44. The lowest BCUT2D eigenvalue weighted by Gasteiger charge is -2.10. The molecule has 8 heteroatoms. The van der Waals surface area contributed by atoms with Crippen LogP contribution in [-0.2, 0) is 0 Å². The van der Waals surface area contributed by atoms with Crippen LogP contribution in [0.3, 0.4) is 0 Å². The summed E-state index contributed by atoms with van der Waals surface area (Å²) in [4.78, 5) is 22.4. The number of thiocarbonyl (C=S) groups is 1. The molecule has 0 atom stereocenters. The van der Waals surface area contributed by atoms with Gasteiger partial charge in [0.15, 0.2) is 5.11 Å². The molecule has 1 amide bonds. The largest absolute Gasteiger partial charge is 0.327 e. The lowest BCUT2D eigenvalue weighted by molar-refractivity contribution is -0.383. The summed E-state index contributed by atoms with van der Waals surface area (Å²) in [5.74, 6) is -0.380. The van der Waals surface area contributed by atoms with Crippen molar-refractivity contribution in [3.8, 4) is 0 Å². The van der Waals surface area contributed by atoms with E-state index in [-0.39, 0.29) is 22.4 Å². The van der Waals surface area contributed by atoms with Gasteiger partial charge in [-0.05, 0) is 59.1 Å². The van der Waals surface area contributed by atoms with Gasteiger partial charge in [0.25, 0.3) is 11.6 Å². The van der Waals surface area contributed by atoms with Gasteiger partial charge >= 0.3 is 0 Å². The minimum absolute atomic E-state index is 0.00170. The summed E-state index contributed by atoms with van der Waals surface area (Å²) in [5, 5.41) is 16.1. The van der Waals surface area contributed by atoms with Crippen LogP contribution in [0.25, 0.3) is 0 Å². The molecule has 0 saturated carbocycles. The number of benzene rings is 2. The van der Waals surface area contributed by atoms with Crippen molar-refractivity contribution in [1.82, 2.24) is 5.32 Å². The summed E-state index contributed by atoms with van der Waals surface area (Å²) in [6.07, 6.45) is 0. The number of amides is 1. The molecule has 0 saturated heterocycles. The highest BCUT2D eigenvalue weighted by atomic mass is 127. The average Bonchev–Trinajstić information content (AvgIpc) is 2.47. The fraction of sp³-hybridized carbons (Fsp3) is 0. The van der Waals surface area contributed by atoms with Crippen molar-refractivity contribution >= 4 is 57.2 Å². The van der Waals surface area contributed by atoms with E-state index in [1.807, 2.05) is 6.07 Å². The maximum absolute atomic E-state index is 12.0. The van der Waals surface area contributed by atoms with Gasteiger partial charge in [0, 0.05) is 15.2 Å². The number of para-hydroxylation sites is 2. The van der Waals surface area contributed by atoms with Crippen LogP contribution in [-0.4, -0.2) is 15.9 Å². The predicted molar refractivity (Wildman–Crippen MR) is 95.9 cm³/mol. The first-order valence-corrected chi connectivity index (χ1v) is 7.57. The fourth-order valence-electron chi connectivity index (χ4n) is 1.70. The number of nitrogens with one attached hydrogen (secondary N) is 2. The van der Waals surface area contributed by atoms with Crippen molar-refractivity contribution in [2.75, 3.05) is 5.32 Å². The molecular formula is C14H10IN3O3S. The summed E-state index contributed by atoms with van der Waals surface area (Å²) < 4.78 is 0.919. The normalized spacial score (nSPS) is 9.86. The first-order chi connectivity index (χ1) is 10.5. The number of carbonyl (C=O) groups is 1. The van der Waals surface area contributed by atoms with Crippen molar-refractivity contribution in [2.45, 2.75) is 0 Å². The number of nitro benzene ring substituents is 1. The van der Waals surface area contributed by atoms with Gasteiger partial charge in [-0.25, -0.2) is 0 Å². The third-order valence-electron chi connectivity index (χ3n) is 2.66. The van der Waals surface area contributed by atoms with Gasteiger partial charge in [0.2, 0.25) is 0 Å². The predicted octanol–water partition coefficient (Wildman–Crippen LogP) is 3.33. The molecule has 0 unspecified atom stereocenters. The first-order valence-electron chi connectivity index (χ1n) is 6.08. The number of hydrogen-bond donors (Lipinski definition) is 2. The maximum atomic E-state index is 12.0. The quantitative estimate of drug-likeness (QED) is 0.340. The second-order valence-electron chi connectivity index (χ2n) is 4.19. The number of carbonyl (C=O) groups excluding carboxylic acids is 1. The van der Waals surface area contributed by atoms with Gasteiger partial charge in [0.05, 0.1) is 4.92 Å². The third kappa shape index (κ3) is 4.21. The van der Waals surface area contributed by atoms with E-state index >= 15 is 0 Å². The zero-order chi connectivity index (χ0) is 16.1. The highest BCUT2D eigenvalue weighted by Crippen LogP contribution is 2.22. The Morgan fingerprint density at radius 2 is 1.91 bits per heavy atom. The van der Waals surface area contributed by atoms with E-state index in [9.17, 15) is 14.9 Å². The Labute approximate surface area is 145 Å². The molecule has 0 aromatic heterocycles. The molecule has 0 aliphatic carbocycles. The van der Waals surface area contributed by atoms with Gasteiger partial charge in [-0.2, -0.15) is 0 Å². The molecule has 0 aliphatic heterocycles. The molecule has 2 aromatic carbocycles. The molecule has 0 aliphatic rings. The Hall–Kier alpha value is -2.07. The molecule has 0 bridgehead atoms. The number of nitro groups is 1. The number of halogens is 1. The minimum atomic E-state index is -0.522. The van der Waals surface area contributed by atoms with Crippen LogP contribution in [0, 0.1) is 13.7 Å². The van der Waals surface area contributed by atoms with Gasteiger partial charge in [-0.3, -0.25) is 20.2 Å². The van der Waals surface area contributed by atoms with Gasteiger partial charge in [-0.1, -0.05) is 18.2 Å². The smallest absolute Gasteiger partial charge is 0.292 e. The third-order valence-corrected chi connectivity index (χ3v) is 3.54. The number of anilines is 1. The lowest BCUT2D eigenvalue weighted by Crippen LogP contribution is -2.34. The van der Waals surface area contributed by atoms with Crippen LogP contribution in [0.5, 0.6) is 0 Å². The van der Waals surface area contributed by atoms with Crippen molar-refractivity contribution in [1.29, 1.82) is 0 Å². The number of nitrogens with zero attached hydrogens (tertiary/aromatic N) is 1. The monoisotopic (exact) mass is 427 g/mol. The Bertz CT molecular complexity index is 752. The molecule has 0 heterocycles. The molecule has 0 radical (unpaired) electrons. The molecule has 0 fully saturated rings. The Balaban J connectivity index is 2.08. The second-order valence-corrected chi connectivity index (χ2v) is 5.85. The van der Waals surface area contributed by atoms with Crippen molar-refractivity contribution in [2.24, 2.45) is 0 Å². The lowest BCUT2D eigenvalue weighted by atomic mass is 10.2. The molecule has 6 nitrogen and oxygen atoms in total. The van der Waals surface area contributed by atoms with E-state index in [0.717, 1.165) is 3.57 Å². The van der Waals surface area contributed by atoms with E-state index in [0.29, 0.717) is 5.56 Å². The van der Waals surface area contributed by atoms with Crippen LogP contribution in [0.1, 0.15) is 10.4 Å². The number of hydrogen-bond acceptors (Lipinski definition) is 4. The van der Waals surface area contributed by atoms with E-state index in [4.69, 9.17) is 12.2 Å². The van der Waals surface area contributed by atoms with Crippen molar-refractivity contribution in [3.63, 3.8) is 0 Å². The van der Waals surface area contributed by atoms with Crippen LogP contribution >= 0.6 is 34.8 Å². The van der Waals surface area contributed by atoms with Gasteiger partial charge < -0.3 is 5.32 Å². The second kappa shape index (κ2) is 7.27. The van der Waals surface area contributed by atoms with E-state index in [1.165, 1.54) is 12.1 Å². The van der Waals surface area contributed by atoms with Crippen molar-refractivity contribution in [3.05, 3.63) is 67.8 Å². The van der Waals surface area contributed by atoms with Crippen LogP contribution in [0.15, 0.2) is 48.5 Å². The summed E-state index contributed by atoms with van der Waals surface area (Å²) in [5.41, 5.74) is 0.562. The maximum Gasteiger partial charge on any atom is 0.292 e. The van der Waals surface area contributed by atoms with Gasteiger partial charge in [0.1, 0.15) is 5.69 Å². The summed E-state index contributed by atoms with van der Waals surface area (Å²) in [6, 6.07) is 13.1. The molecule has 2 aromatic rings. The van der Waals surface area contributed by atoms with E-state index in [2.05, 4.69) is 33.2 Å². The first kappa shape index (κ1) is 16.3. The van der Waals surface area contributed by atoms with Gasteiger partial charge in [-0.15, -0.1) is 0 Å². The summed E-state index contributed by atoms with van der Waals surface area (Å²) in [7, 11) is 0. The van der Waals surface area contributed by atoms with Crippen LogP contribution in [0.2, 0.25) is 0 Å². The van der Waals surface area contributed by atoms with Crippen LogP contribution in [0.4, 0.5) is 11.4 Å². The topological polar surface area (TPSA) is 84.3 Å². The molecule has 2 N–H and O–H groups in total.